The van der Waals surface area contributed by atoms with Crippen LogP contribution < -0.4 is 0 Å². The third-order valence-electron chi connectivity index (χ3n) is 0.493. The molecule has 0 aromatic heterocycles. The van der Waals surface area contributed by atoms with Crippen molar-refractivity contribution in [1.82, 2.24) is 0 Å². The van der Waals surface area contributed by atoms with Crippen molar-refractivity contribution in [3.8, 4) is 0 Å². The van der Waals surface area contributed by atoms with Crippen molar-refractivity contribution in [2.75, 3.05) is 0 Å². The van der Waals surface area contributed by atoms with Crippen LogP contribution in [0.15, 0.2) is 12.7 Å². The quantitative estimate of drug-likeness (QED) is 0.440. The largest absolute Gasteiger partial charge is 1.00 e. The maximum absolute atomic E-state index is 3.55. The van der Waals surface area contributed by atoms with E-state index < -0.39 is 0 Å². The first kappa shape index (κ1) is 4.74. The van der Waals surface area contributed by atoms with Gasteiger partial charge in [-0.3, -0.25) is 0 Å². The molecule has 0 aromatic rings. The normalized spacial score (nSPS) is 7.40. The van der Waals surface area contributed by atoms with Crippen LogP contribution in [0, 0.1) is 0 Å². The van der Waals surface area contributed by atoms with Gasteiger partial charge in [0.15, 0.2) is 0 Å². The van der Waals surface area contributed by atoms with E-state index in [1.165, 1.54) is 6.42 Å². The molecule has 0 aromatic carbocycles. The Morgan fingerprint density at radius 1 is 2.00 bits per heavy atom. The molecule has 0 spiro atoms. The molecule has 0 nitrogen and oxygen atoms in total. The van der Waals surface area contributed by atoms with E-state index in [1.807, 2.05) is 6.08 Å². The van der Waals surface area contributed by atoms with Gasteiger partial charge >= 0.3 is 4.28 Å². The summed E-state index contributed by atoms with van der Waals surface area (Å²) in [6.45, 7) is 5.69. The molecule has 0 aliphatic rings. The molecule has 0 atom stereocenters. The second-order valence-corrected chi connectivity index (χ2v) is 1.08. The molecule has 0 N–H and O–H groups in total. The molecule has 0 heteroatoms. The van der Waals surface area contributed by atoms with Gasteiger partial charge in [-0.05, 0) is 6.42 Å². The van der Waals surface area contributed by atoms with Crippen molar-refractivity contribution < 1.29 is 4.28 Å². The summed E-state index contributed by atoms with van der Waals surface area (Å²) in [5, 5.41) is 0. The van der Waals surface area contributed by atoms with Crippen molar-refractivity contribution in [3.63, 3.8) is 0 Å². The Morgan fingerprint density at radius 2 is 2.60 bits per heavy atom. The van der Waals surface area contributed by atoms with E-state index in [1.54, 1.807) is 0 Å². The van der Waals surface area contributed by atoms with Crippen LogP contribution in [0.25, 0.3) is 0 Å². The van der Waals surface area contributed by atoms with Crippen LogP contribution in [0.1, 0.15) is 24.0 Å². The van der Waals surface area contributed by atoms with Crippen LogP contribution in [-0.2, 0) is 0 Å². The summed E-state index contributed by atoms with van der Waals surface area (Å²) >= 11 is 0. The predicted molar refractivity (Wildman–Crippen MR) is 28.4 cm³/mol. The molecule has 5 heavy (non-hydrogen) atoms. The smallest absolute Gasteiger partial charge is 0.103 e. The van der Waals surface area contributed by atoms with Gasteiger partial charge in [0.1, 0.15) is 0 Å². The van der Waals surface area contributed by atoms with Gasteiger partial charge in [0.25, 0.3) is 0 Å². The third-order valence-corrected chi connectivity index (χ3v) is 0.493. The lowest BCUT2D eigenvalue weighted by molar-refractivity contribution is 0.961. The van der Waals surface area contributed by atoms with Gasteiger partial charge in [0.05, 0.1) is 0 Å². The molecule has 0 fully saturated rings. The highest BCUT2D eigenvalue weighted by atomic mass is 13.7. The van der Waals surface area contributed by atoms with Gasteiger partial charge in [-0.2, -0.15) is 0 Å². The van der Waals surface area contributed by atoms with E-state index in [4.69, 9.17) is 0 Å². The molecule has 0 bridgehead atoms. The molecule has 0 heterocycles. The Bertz CT molecular complexity index is 28.9. The van der Waals surface area contributed by atoms with Crippen LogP contribution >= 0.6 is 0 Å². The third kappa shape index (κ3) is 3.74. The number of allylic oxidation sites excluding steroid dienone is 1. The topological polar surface area (TPSA) is 0 Å². The highest BCUT2D eigenvalue weighted by Crippen LogP contribution is 1.82. The maximum atomic E-state index is 3.55. The van der Waals surface area contributed by atoms with E-state index in [9.17, 15) is 0 Å². The molecule has 30 valence electrons. The second kappa shape index (κ2) is 3.74. The molecule has 0 amide bonds. The summed E-state index contributed by atoms with van der Waals surface area (Å²) in [6.07, 6.45) is 4.31. The first-order valence-electron chi connectivity index (χ1n) is 2.02. The molecular weight excluding hydrogens is 60.1 g/mol. The zero-order valence-electron chi connectivity index (χ0n) is 6.70. The standard InChI is InChI=1S/C5H10/c1-3-5-4-2/h3H,1,4-5H2,2H3/p+3. The summed E-state index contributed by atoms with van der Waals surface area (Å²) in [5.41, 5.74) is 0. The zero-order chi connectivity index (χ0) is 4.12. The molecule has 0 unspecified atom stereocenters. The van der Waals surface area contributed by atoms with Crippen molar-refractivity contribution in [2.24, 2.45) is 0 Å². The Labute approximate surface area is 38.0 Å². The summed E-state index contributed by atoms with van der Waals surface area (Å²) in [5.74, 6) is 0. The van der Waals surface area contributed by atoms with Crippen LogP contribution in [0.3, 0.4) is 0 Å². The van der Waals surface area contributed by atoms with E-state index >= 15 is 0 Å². The SMILES string of the molecule is C=CCCC.[H+].[H+].[H+]. The van der Waals surface area contributed by atoms with Crippen molar-refractivity contribution in [3.05, 3.63) is 12.7 Å². The minimum atomic E-state index is 0. The van der Waals surface area contributed by atoms with E-state index in [0.717, 1.165) is 6.42 Å². The fourth-order valence-corrected chi connectivity index (χ4v) is 0.204. The first-order valence-corrected chi connectivity index (χ1v) is 2.02. The molecule has 0 radical (unpaired) electrons. The van der Waals surface area contributed by atoms with Crippen LogP contribution in [-0.4, -0.2) is 0 Å². The highest BCUT2D eigenvalue weighted by molar-refractivity contribution is 4.63. The van der Waals surface area contributed by atoms with Gasteiger partial charge < -0.3 is 0 Å². The summed E-state index contributed by atoms with van der Waals surface area (Å²) < 4.78 is 0. The molecular formula is C5H13+3. The number of hydrogen-bond acceptors (Lipinski definition) is 0. The first-order chi connectivity index (χ1) is 2.41. The van der Waals surface area contributed by atoms with Gasteiger partial charge in [-0.25, -0.2) is 0 Å². The van der Waals surface area contributed by atoms with Gasteiger partial charge in [-0.15, -0.1) is 6.58 Å². The Balaban J connectivity index is -0.0000000267. The Morgan fingerprint density at radius 3 is 2.60 bits per heavy atom. The average molecular weight is 73.2 g/mol. The minimum absolute atomic E-state index is 0. The molecule has 0 aliphatic carbocycles. The average Bonchev–Trinajstić information content (AvgIpc) is 1.41. The molecule has 0 rings (SSSR count). The van der Waals surface area contributed by atoms with Gasteiger partial charge in [0.2, 0.25) is 0 Å². The van der Waals surface area contributed by atoms with Crippen LogP contribution in [0.4, 0.5) is 0 Å². The lowest BCUT2D eigenvalue weighted by Crippen LogP contribution is -1.52. The minimum Gasteiger partial charge on any atom is -0.103 e. The molecule has 0 aliphatic heterocycles. The Hall–Kier alpha value is -0.260. The zero-order valence-corrected chi connectivity index (χ0v) is 3.70. The second-order valence-electron chi connectivity index (χ2n) is 1.08. The van der Waals surface area contributed by atoms with E-state index in [0.29, 0.717) is 0 Å². The fraction of sp³-hybridized carbons (Fsp3) is 0.600. The van der Waals surface area contributed by atoms with Gasteiger partial charge in [-0.1, -0.05) is 19.4 Å². The van der Waals surface area contributed by atoms with Gasteiger partial charge in [0, 0.05) is 0 Å². The molecule has 0 saturated carbocycles. The monoisotopic (exact) mass is 73.1 g/mol. The van der Waals surface area contributed by atoms with Crippen molar-refractivity contribution in [2.45, 2.75) is 19.8 Å². The lowest BCUT2D eigenvalue weighted by atomic mass is 10.3. The number of unbranched alkanes of at least 4 members (excludes halogenated alkanes) is 1. The molecule has 0 saturated heterocycles. The number of hydrogen-bond donors (Lipinski definition) is 0. The van der Waals surface area contributed by atoms with Crippen molar-refractivity contribution >= 4 is 0 Å². The summed E-state index contributed by atoms with van der Waals surface area (Å²) in [7, 11) is 0. The highest BCUT2D eigenvalue weighted by Gasteiger charge is 1.61. The van der Waals surface area contributed by atoms with Crippen LogP contribution in [0.5, 0.6) is 0 Å². The van der Waals surface area contributed by atoms with E-state index in [-0.39, 0.29) is 4.28 Å². The summed E-state index contributed by atoms with van der Waals surface area (Å²) in [4.78, 5) is 0. The maximum Gasteiger partial charge on any atom is 1.00 e. The lowest BCUT2D eigenvalue weighted by Gasteiger charge is -1.72. The predicted octanol–water partition coefficient (Wildman–Crippen LogP) is 2.31. The summed E-state index contributed by atoms with van der Waals surface area (Å²) in [6, 6.07) is 0. The Kier molecular flexibility index (Phi) is 3.55. The van der Waals surface area contributed by atoms with Crippen molar-refractivity contribution in [1.29, 1.82) is 0 Å². The van der Waals surface area contributed by atoms with Crippen LogP contribution in [0.2, 0.25) is 0 Å². The number of rotatable bonds is 2. The fourth-order valence-electron chi connectivity index (χ4n) is 0.204. The van der Waals surface area contributed by atoms with E-state index in [2.05, 4.69) is 13.5 Å².